The highest BCUT2D eigenvalue weighted by molar-refractivity contribution is 8.00. The summed E-state index contributed by atoms with van der Waals surface area (Å²) in [5.74, 6) is 1.26. The van der Waals surface area contributed by atoms with Crippen LogP contribution < -0.4 is 5.73 Å². The number of hydrogen-bond acceptors (Lipinski definition) is 3. The average molecular weight is 175 g/mol. The summed E-state index contributed by atoms with van der Waals surface area (Å²) in [6, 6.07) is 0. The smallest absolute Gasteiger partial charge is 0.0837 e. The Morgan fingerprint density at radius 3 is 2.82 bits per heavy atom. The molecule has 3 heteroatoms. The topological polar surface area (TPSA) is 35.2 Å². The van der Waals surface area contributed by atoms with Gasteiger partial charge in [0.15, 0.2) is 0 Å². The summed E-state index contributed by atoms with van der Waals surface area (Å²) in [5, 5.41) is 0. The first-order valence-corrected chi connectivity index (χ1v) is 5.08. The van der Waals surface area contributed by atoms with Crippen molar-refractivity contribution in [3.05, 3.63) is 0 Å². The van der Waals surface area contributed by atoms with Gasteiger partial charge in [0.2, 0.25) is 0 Å². The highest BCUT2D eigenvalue weighted by atomic mass is 32.2. The molecule has 0 aliphatic carbocycles. The molecule has 0 aromatic rings. The minimum absolute atomic E-state index is 0.231. The van der Waals surface area contributed by atoms with E-state index in [2.05, 4.69) is 6.92 Å². The van der Waals surface area contributed by atoms with Crippen LogP contribution in [0.5, 0.6) is 0 Å². The van der Waals surface area contributed by atoms with Gasteiger partial charge in [-0.25, -0.2) is 0 Å². The van der Waals surface area contributed by atoms with E-state index in [0.717, 1.165) is 0 Å². The Hall–Kier alpha value is 0.270. The molecule has 0 spiro atoms. The molecule has 0 aromatic carbocycles. The second-order valence-electron chi connectivity index (χ2n) is 3.22. The number of nitrogens with two attached hydrogens (primary N) is 1. The maximum Gasteiger partial charge on any atom is 0.0837 e. The molecule has 66 valence electrons. The molecule has 0 aromatic heterocycles. The van der Waals surface area contributed by atoms with Gasteiger partial charge in [-0.1, -0.05) is 0 Å². The van der Waals surface area contributed by atoms with E-state index in [1.807, 2.05) is 11.8 Å². The van der Waals surface area contributed by atoms with Gasteiger partial charge in [0.1, 0.15) is 0 Å². The molecule has 2 unspecified atom stereocenters. The van der Waals surface area contributed by atoms with Gasteiger partial charge in [-0.2, -0.15) is 11.8 Å². The zero-order valence-corrected chi connectivity index (χ0v) is 8.12. The molecular formula is C8H17NOS. The third-order valence-electron chi connectivity index (χ3n) is 2.43. The van der Waals surface area contributed by atoms with Crippen molar-refractivity contribution in [1.82, 2.24) is 0 Å². The summed E-state index contributed by atoms with van der Waals surface area (Å²) in [7, 11) is 1.75. The first-order chi connectivity index (χ1) is 5.23. The van der Waals surface area contributed by atoms with Crippen LogP contribution >= 0.6 is 11.8 Å². The van der Waals surface area contributed by atoms with Crippen LogP contribution in [0.25, 0.3) is 0 Å². The number of thioether (sulfide) groups is 1. The molecule has 1 rings (SSSR count). The molecule has 2 N–H and O–H groups in total. The van der Waals surface area contributed by atoms with Crippen LogP contribution in [0.1, 0.15) is 19.8 Å². The summed E-state index contributed by atoms with van der Waals surface area (Å²) < 4.78 is 5.62. The van der Waals surface area contributed by atoms with Crippen LogP contribution in [-0.4, -0.2) is 30.3 Å². The van der Waals surface area contributed by atoms with Crippen LogP contribution in [0.15, 0.2) is 0 Å². The molecule has 11 heavy (non-hydrogen) atoms. The summed E-state index contributed by atoms with van der Waals surface area (Å²) in [5.41, 5.74) is 5.61. The van der Waals surface area contributed by atoms with Crippen molar-refractivity contribution < 1.29 is 4.74 Å². The standard InChI is InChI=1S/C8H17NOS/c1-8(4-3-5-11-8)7(6-9)10-2/h7H,3-6,9H2,1-2H3. The van der Waals surface area contributed by atoms with Crippen molar-refractivity contribution in [2.24, 2.45) is 5.73 Å². The van der Waals surface area contributed by atoms with Gasteiger partial charge < -0.3 is 10.5 Å². The summed E-state index contributed by atoms with van der Waals surface area (Å²) >= 11 is 2.00. The van der Waals surface area contributed by atoms with Crippen LogP contribution in [0.3, 0.4) is 0 Å². The van der Waals surface area contributed by atoms with Crippen molar-refractivity contribution in [3.8, 4) is 0 Å². The lowest BCUT2D eigenvalue weighted by atomic mass is 9.99. The van der Waals surface area contributed by atoms with Gasteiger partial charge >= 0.3 is 0 Å². The normalized spacial score (nSPS) is 34.1. The third-order valence-corrected chi connectivity index (χ3v) is 4.05. The molecule has 1 aliphatic heterocycles. The van der Waals surface area contributed by atoms with Gasteiger partial charge in [0.05, 0.1) is 6.10 Å². The predicted molar refractivity (Wildman–Crippen MR) is 49.9 cm³/mol. The van der Waals surface area contributed by atoms with E-state index in [1.54, 1.807) is 7.11 Å². The molecule has 1 saturated heterocycles. The van der Waals surface area contributed by atoms with E-state index in [4.69, 9.17) is 10.5 Å². The molecule has 2 nitrogen and oxygen atoms in total. The maximum atomic E-state index is 5.61. The molecule has 1 aliphatic rings. The minimum atomic E-state index is 0.231. The number of methoxy groups -OCH3 is 1. The zero-order valence-electron chi connectivity index (χ0n) is 7.30. The number of ether oxygens (including phenoxy) is 1. The third kappa shape index (κ3) is 1.89. The lowest BCUT2D eigenvalue weighted by Crippen LogP contribution is -2.41. The first-order valence-electron chi connectivity index (χ1n) is 4.10. The van der Waals surface area contributed by atoms with E-state index in [-0.39, 0.29) is 10.9 Å². The molecule has 0 bridgehead atoms. The fraction of sp³-hybridized carbons (Fsp3) is 1.00. The van der Waals surface area contributed by atoms with Crippen LogP contribution in [0.2, 0.25) is 0 Å². The van der Waals surface area contributed by atoms with E-state index < -0.39 is 0 Å². The van der Waals surface area contributed by atoms with Crippen LogP contribution in [0.4, 0.5) is 0 Å². The summed E-state index contributed by atoms with van der Waals surface area (Å²) in [6.07, 6.45) is 2.78. The lowest BCUT2D eigenvalue weighted by Gasteiger charge is -2.30. The van der Waals surface area contributed by atoms with Crippen molar-refractivity contribution in [1.29, 1.82) is 0 Å². The van der Waals surface area contributed by atoms with Crippen molar-refractivity contribution in [2.75, 3.05) is 19.4 Å². The van der Waals surface area contributed by atoms with E-state index in [9.17, 15) is 0 Å². The van der Waals surface area contributed by atoms with Crippen molar-refractivity contribution >= 4 is 11.8 Å². The Balaban J connectivity index is 2.53. The van der Waals surface area contributed by atoms with Gasteiger partial charge in [-0.15, -0.1) is 0 Å². The Kier molecular flexibility index (Phi) is 3.22. The number of hydrogen-bond donors (Lipinski definition) is 1. The van der Waals surface area contributed by atoms with Crippen molar-refractivity contribution in [3.63, 3.8) is 0 Å². The molecule has 2 atom stereocenters. The quantitative estimate of drug-likeness (QED) is 0.701. The van der Waals surface area contributed by atoms with Gasteiger partial charge in [0, 0.05) is 18.4 Å². The Labute approximate surface area is 72.9 Å². The molecule has 0 saturated carbocycles. The summed E-state index contributed by atoms with van der Waals surface area (Å²) in [4.78, 5) is 0. The molecule has 0 radical (unpaired) electrons. The Morgan fingerprint density at radius 2 is 2.45 bits per heavy atom. The van der Waals surface area contributed by atoms with Crippen molar-refractivity contribution in [2.45, 2.75) is 30.6 Å². The first kappa shape index (κ1) is 9.36. The highest BCUT2D eigenvalue weighted by Gasteiger charge is 2.37. The van der Waals surface area contributed by atoms with Gasteiger partial charge in [0.25, 0.3) is 0 Å². The van der Waals surface area contributed by atoms with Crippen LogP contribution in [0, 0.1) is 0 Å². The molecule has 0 amide bonds. The van der Waals surface area contributed by atoms with Crippen LogP contribution in [-0.2, 0) is 4.74 Å². The average Bonchev–Trinajstić information content (AvgIpc) is 2.39. The highest BCUT2D eigenvalue weighted by Crippen LogP contribution is 2.41. The Bertz CT molecular complexity index is 119. The van der Waals surface area contributed by atoms with E-state index in [0.29, 0.717) is 6.54 Å². The fourth-order valence-corrected chi connectivity index (χ4v) is 3.07. The zero-order chi connectivity index (χ0) is 8.32. The summed E-state index contributed by atoms with van der Waals surface area (Å²) in [6.45, 7) is 2.89. The second kappa shape index (κ2) is 3.78. The molecular weight excluding hydrogens is 158 g/mol. The van der Waals surface area contributed by atoms with Gasteiger partial charge in [-0.3, -0.25) is 0 Å². The molecule has 1 fully saturated rings. The van der Waals surface area contributed by atoms with E-state index >= 15 is 0 Å². The minimum Gasteiger partial charge on any atom is -0.379 e. The lowest BCUT2D eigenvalue weighted by molar-refractivity contribution is 0.0790. The second-order valence-corrected chi connectivity index (χ2v) is 4.85. The fourth-order valence-electron chi connectivity index (χ4n) is 1.65. The predicted octanol–water partition coefficient (Wildman–Crippen LogP) is 1.25. The molecule has 1 heterocycles. The largest absolute Gasteiger partial charge is 0.379 e. The monoisotopic (exact) mass is 175 g/mol. The number of rotatable bonds is 3. The Morgan fingerprint density at radius 1 is 1.73 bits per heavy atom. The van der Waals surface area contributed by atoms with E-state index in [1.165, 1.54) is 18.6 Å². The maximum absolute atomic E-state index is 5.61. The SMILES string of the molecule is COC(CN)C1(C)CCCS1. The van der Waals surface area contributed by atoms with Gasteiger partial charge in [-0.05, 0) is 25.5 Å².